The number of thiophene rings is 2. The molecule has 24 heavy (non-hydrogen) atoms. The fourth-order valence-electron chi connectivity index (χ4n) is 2.12. The van der Waals surface area contributed by atoms with Crippen LogP contribution in [0.1, 0.15) is 14.5 Å². The number of nitrogens with zero attached hydrogens (tertiary/aromatic N) is 3. The van der Waals surface area contributed by atoms with Gasteiger partial charge >= 0.3 is 0 Å². The standard InChI is InChI=1S/C17H11N3OS3/c21-16(15-8-4-10-23-15)20(18-11-12-5-3-9-22-12)17-19-13-6-1-2-7-14(13)24-17/h1-11H/b18-11+. The third kappa shape index (κ3) is 3.01. The largest absolute Gasteiger partial charge is 0.290 e. The maximum absolute atomic E-state index is 12.8. The van der Waals surface area contributed by atoms with Crippen LogP contribution in [0, 0.1) is 0 Å². The summed E-state index contributed by atoms with van der Waals surface area (Å²) < 4.78 is 1.03. The third-order valence-electron chi connectivity index (χ3n) is 3.23. The van der Waals surface area contributed by atoms with Gasteiger partial charge in [-0.05, 0) is 35.0 Å². The molecule has 0 saturated heterocycles. The van der Waals surface area contributed by atoms with Gasteiger partial charge in [-0.3, -0.25) is 4.79 Å². The van der Waals surface area contributed by atoms with E-state index < -0.39 is 0 Å². The molecule has 7 heteroatoms. The van der Waals surface area contributed by atoms with Gasteiger partial charge in [-0.1, -0.05) is 35.6 Å². The molecule has 0 fully saturated rings. The van der Waals surface area contributed by atoms with Crippen LogP contribution in [0.25, 0.3) is 10.2 Å². The van der Waals surface area contributed by atoms with Crippen LogP contribution in [-0.4, -0.2) is 17.1 Å². The first-order chi connectivity index (χ1) is 11.8. The lowest BCUT2D eigenvalue weighted by atomic mass is 10.3. The van der Waals surface area contributed by atoms with Crippen LogP contribution in [0.2, 0.25) is 0 Å². The summed E-state index contributed by atoms with van der Waals surface area (Å²) in [5, 5.41) is 10.2. The number of hydrogen-bond acceptors (Lipinski definition) is 6. The number of fused-ring (bicyclic) bond motifs is 1. The molecule has 1 aromatic carbocycles. The van der Waals surface area contributed by atoms with Gasteiger partial charge < -0.3 is 0 Å². The molecule has 118 valence electrons. The molecule has 1 amide bonds. The summed E-state index contributed by atoms with van der Waals surface area (Å²) >= 11 is 4.43. The van der Waals surface area contributed by atoms with Gasteiger partial charge in [-0.15, -0.1) is 22.7 Å². The molecule has 0 saturated carbocycles. The zero-order valence-corrected chi connectivity index (χ0v) is 14.8. The minimum absolute atomic E-state index is 0.170. The maximum Gasteiger partial charge on any atom is 0.290 e. The molecule has 0 spiro atoms. The Balaban J connectivity index is 1.75. The molecule has 0 radical (unpaired) electrons. The van der Waals surface area contributed by atoms with Crippen LogP contribution in [0.3, 0.4) is 0 Å². The predicted molar refractivity (Wildman–Crippen MR) is 103 cm³/mol. The Morgan fingerprint density at radius 2 is 1.88 bits per heavy atom. The van der Waals surface area contributed by atoms with Crippen LogP contribution in [0.4, 0.5) is 5.13 Å². The molecule has 0 unspecified atom stereocenters. The Morgan fingerprint density at radius 1 is 1.04 bits per heavy atom. The van der Waals surface area contributed by atoms with Crippen LogP contribution in [-0.2, 0) is 0 Å². The van der Waals surface area contributed by atoms with Gasteiger partial charge in [0.1, 0.15) is 0 Å². The van der Waals surface area contributed by atoms with Gasteiger partial charge in [0.05, 0.1) is 21.3 Å². The number of carbonyl (C=O) groups excluding carboxylic acids is 1. The van der Waals surface area contributed by atoms with Gasteiger partial charge in [0.25, 0.3) is 5.91 Å². The summed E-state index contributed by atoms with van der Waals surface area (Å²) in [6.45, 7) is 0. The summed E-state index contributed by atoms with van der Waals surface area (Å²) in [7, 11) is 0. The minimum Gasteiger partial charge on any atom is -0.266 e. The van der Waals surface area contributed by atoms with Crippen molar-refractivity contribution in [1.29, 1.82) is 0 Å². The highest BCUT2D eigenvalue weighted by atomic mass is 32.1. The van der Waals surface area contributed by atoms with Crippen molar-refractivity contribution in [3.8, 4) is 0 Å². The summed E-state index contributed by atoms with van der Waals surface area (Å²) in [6.07, 6.45) is 1.70. The molecule has 3 heterocycles. The molecule has 4 aromatic rings. The molecule has 0 aliphatic carbocycles. The first-order valence-corrected chi connectivity index (χ1v) is 9.70. The molecule has 4 nitrogen and oxygen atoms in total. The van der Waals surface area contributed by atoms with E-state index in [4.69, 9.17) is 0 Å². The number of rotatable bonds is 4. The first kappa shape index (κ1) is 15.2. The number of thiazole rings is 1. The van der Waals surface area contributed by atoms with Crippen LogP contribution >= 0.6 is 34.0 Å². The lowest BCUT2D eigenvalue weighted by Gasteiger charge is -2.12. The summed E-state index contributed by atoms with van der Waals surface area (Å²) in [6, 6.07) is 15.4. The average Bonchev–Trinajstić information content (AvgIpc) is 3.35. The number of hydrazone groups is 1. The van der Waals surface area contributed by atoms with Crippen LogP contribution < -0.4 is 5.01 Å². The van der Waals surface area contributed by atoms with Crippen molar-refractivity contribution in [2.75, 3.05) is 5.01 Å². The smallest absolute Gasteiger partial charge is 0.266 e. The van der Waals surface area contributed by atoms with Gasteiger partial charge in [0.2, 0.25) is 5.13 Å². The second-order valence-corrected chi connectivity index (χ2v) is 7.75. The molecule has 0 bridgehead atoms. The molecule has 0 aliphatic heterocycles. The van der Waals surface area contributed by atoms with E-state index in [1.165, 1.54) is 27.7 Å². The Bertz CT molecular complexity index is 954. The fourth-order valence-corrected chi connectivity index (χ4v) is 4.27. The van der Waals surface area contributed by atoms with E-state index in [1.807, 2.05) is 53.2 Å². The van der Waals surface area contributed by atoms with Crippen molar-refractivity contribution < 1.29 is 4.79 Å². The number of benzene rings is 1. The van der Waals surface area contributed by atoms with Crippen molar-refractivity contribution in [3.63, 3.8) is 0 Å². The number of carbonyl (C=O) groups is 1. The zero-order chi connectivity index (χ0) is 16.4. The molecular formula is C17H11N3OS3. The van der Waals surface area contributed by atoms with Gasteiger partial charge in [-0.25, -0.2) is 4.98 Å². The van der Waals surface area contributed by atoms with Crippen molar-refractivity contribution in [2.45, 2.75) is 0 Å². The molecule has 4 rings (SSSR count). The molecule has 0 N–H and O–H groups in total. The number of hydrogen-bond donors (Lipinski definition) is 0. The highest BCUT2D eigenvalue weighted by Gasteiger charge is 2.21. The van der Waals surface area contributed by atoms with E-state index in [1.54, 1.807) is 23.6 Å². The van der Waals surface area contributed by atoms with Gasteiger partial charge in [0.15, 0.2) is 0 Å². The van der Waals surface area contributed by atoms with E-state index in [-0.39, 0.29) is 5.91 Å². The molecule has 0 aliphatic rings. The SMILES string of the molecule is O=C(c1cccs1)N(/N=C/c1cccs1)c1nc2ccccc2s1. The minimum atomic E-state index is -0.170. The lowest BCUT2D eigenvalue weighted by molar-refractivity contribution is 0.0991. The Kier molecular flexibility index (Phi) is 4.20. The Hall–Kier alpha value is -2.35. The summed E-state index contributed by atoms with van der Waals surface area (Å²) in [4.78, 5) is 19.0. The lowest BCUT2D eigenvalue weighted by Crippen LogP contribution is -2.24. The van der Waals surface area contributed by atoms with Crippen LogP contribution in [0.15, 0.2) is 64.4 Å². The predicted octanol–water partition coefficient (Wildman–Crippen LogP) is 5.10. The number of amides is 1. The molecular weight excluding hydrogens is 358 g/mol. The van der Waals surface area contributed by atoms with Gasteiger partial charge in [-0.2, -0.15) is 10.1 Å². The fraction of sp³-hybridized carbons (Fsp3) is 0. The second-order valence-electron chi connectivity index (χ2n) is 4.82. The molecule has 3 aromatic heterocycles. The van der Waals surface area contributed by atoms with E-state index >= 15 is 0 Å². The van der Waals surface area contributed by atoms with Crippen molar-refractivity contribution >= 4 is 61.5 Å². The first-order valence-electron chi connectivity index (χ1n) is 7.12. The quantitative estimate of drug-likeness (QED) is 0.371. The highest BCUT2D eigenvalue weighted by molar-refractivity contribution is 7.22. The van der Waals surface area contributed by atoms with Crippen molar-refractivity contribution in [3.05, 3.63) is 69.0 Å². The van der Waals surface area contributed by atoms with E-state index in [0.717, 1.165) is 15.1 Å². The normalized spacial score (nSPS) is 11.3. The Labute approximate surface area is 150 Å². The topological polar surface area (TPSA) is 45.6 Å². The number of anilines is 1. The van der Waals surface area contributed by atoms with Crippen molar-refractivity contribution in [1.82, 2.24) is 4.98 Å². The van der Waals surface area contributed by atoms with E-state index in [0.29, 0.717) is 10.0 Å². The second kappa shape index (κ2) is 6.64. The highest BCUT2D eigenvalue weighted by Crippen LogP contribution is 2.30. The Morgan fingerprint density at radius 3 is 2.62 bits per heavy atom. The monoisotopic (exact) mass is 369 g/mol. The van der Waals surface area contributed by atoms with Crippen molar-refractivity contribution in [2.24, 2.45) is 5.10 Å². The summed E-state index contributed by atoms with van der Waals surface area (Å²) in [5.41, 5.74) is 0.868. The zero-order valence-electron chi connectivity index (χ0n) is 12.3. The maximum atomic E-state index is 12.8. The molecule has 0 atom stereocenters. The number of para-hydroxylation sites is 1. The van der Waals surface area contributed by atoms with E-state index in [9.17, 15) is 4.79 Å². The number of aromatic nitrogens is 1. The van der Waals surface area contributed by atoms with Crippen LogP contribution in [0.5, 0.6) is 0 Å². The average molecular weight is 369 g/mol. The third-order valence-corrected chi connectivity index (χ3v) is 5.91. The summed E-state index contributed by atoms with van der Waals surface area (Å²) in [5.74, 6) is -0.170. The van der Waals surface area contributed by atoms with E-state index in [2.05, 4.69) is 10.1 Å². The van der Waals surface area contributed by atoms with Gasteiger partial charge in [0, 0.05) is 4.88 Å².